The van der Waals surface area contributed by atoms with E-state index in [4.69, 9.17) is 4.74 Å². The summed E-state index contributed by atoms with van der Waals surface area (Å²) >= 11 is 0. The van der Waals surface area contributed by atoms with Gasteiger partial charge in [-0.1, -0.05) is 13.8 Å². The molecule has 3 rings (SSSR count). The van der Waals surface area contributed by atoms with Crippen LogP contribution < -0.4 is 4.74 Å². The van der Waals surface area contributed by atoms with Crippen molar-refractivity contribution in [3.63, 3.8) is 0 Å². The highest BCUT2D eigenvalue weighted by molar-refractivity contribution is 5.90. The van der Waals surface area contributed by atoms with Crippen LogP contribution in [0.3, 0.4) is 0 Å². The third kappa shape index (κ3) is 2.56. The third-order valence-corrected chi connectivity index (χ3v) is 3.91. The molecule has 0 bridgehead atoms. The summed E-state index contributed by atoms with van der Waals surface area (Å²) in [5.74, 6) is -1.95. The highest BCUT2D eigenvalue weighted by Crippen LogP contribution is 2.37. The molecule has 1 aromatic heterocycles. The summed E-state index contributed by atoms with van der Waals surface area (Å²) in [5, 5.41) is 0.329. The van der Waals surface area contributed by atoms with Crippen LogP contribution in [0.5, 0.6) is 5.75 Å². The molecule has 0 aliphatic heterocycles. The molecule has 0 unspecified atom stereocenters. The standard InChI is InChI=1S/C17H17F2NO2/c1-8(2)15-9(3)16(22-17(21)10-4-5-10)11-6-12(18)13(19)7-14(11)20-15/h6-8,10H,4-5H2,1-3H3. The summed E-state index contributed by atoms with van der Waals surface area (Å²) in [6, 6.07) is 2.09. The molecule has 5 heteroatoms. The van der Waals surface area contributed by atoms with Gasteiger partial charge in [0, 0.05) is 17.0 Å². The Morgan fingerprint density at radius 3 is 2.50 bits per heavy atom. The Balaban J connectivity index is 2.22. The quantitative estimate of drug-likeness (QED) is 0.795. The van der Waals surface area contributed by atoms with Crippen molar-refractivity contribution in [2.45, 2.75) is 39.5 Å². The minimum absolute atomic E-state index is 0.0737. The molecule has 1 fully saturated rings. The molecule has 22 heavy (non-hydrogen) atoms. The van der Waals surface area contributed by atoms with Crippen LogP contribution in [-0.2, 0) is 4.79 Å². The Kier molecular flexibility index (Phi) is 3.59. The van der Waals surface area contributed by atoms with Crippen LogP contribution in [0.1, 0.15) is 43.9 Å². The van der Waals surface area contributed by atoms with Gasteiger partial charge in [-0.25, -0.2) is 8.78 Å². The van der Waals surface area contributed by atoms with Crippen molar-refractivity contribution < 1.29 is 18.3 Å². The van der Waals surface area contributed by atoms with Crippen molar-refractivity contribution in [3.05, 3.63) is 35.0 Å². The Morgan fingerprint density at radius 2 is 1.91 bits per heavy atom. The SMILES string of the molecule is Cc1c(C(C)C)nc2cc(F)c(F)cc2c1OC(=O)C1CC1. The molecule has 0 N–H and O–H groups in total. The molecule has 1 aliphatic rings. The van der Waals surface area contributed by atoms with Gasteiger partial charge in [0.05, 0.1) is 17.1 Å². The number of aromatic nitrogens is 1. The average molecular weight is 305 g/mol. The maximum atomic E-state index is 13.6. The summed E-state index contributed by atoms with van der Waals surface area (Å²) in [5.41, 5.74) is 1.71. The van der Waals surface area contributed by atoms with Crippen LogP contribution in [0.2, 0.25) is 0 Å². The number of hydrogen-bond donors (Lipinski definition) is 0. The lowest BCUT2D eigenvalue weighted by Gasteiger charge is -2.16. The van der Waals surface area contributed by atoms with E-state index in [1.54, 1.807) is 6.92 Å². The number of ether oxygens (including phenoxy) is 1. The monoisotopic (exact) mass is 305 g/mol. The summed E-state index contributed by atoms with van der Waals surface area (Å²) in [6.07, 6.45) is 1.64. The van der Waals surface area contributed by atoms with E-state index in [1.165, 1.54) is 0 Å². The Labute approximate surface area is 127 Å². The Hall–Kier alpha value is -2.04. The maximum Gasteiger partial charge on any atom is 0.314 e. The predicted octanol–water partition coefficient (Wildman–Crippen LogP) is 4.26. The number of carbonyl (C=O) groups excluding carboxylic acids is 1. The van der Waals surface area contributed by atoms with Gasteiger partial charge in [0.15, 0.2) is 11.6 Å². The van der Waals surface area contributed by atoms with Gasteiger partial charge in [0.2, 0.25) is 0 Å². The van der Waals surface area contributed by atoms with Crippen molar-refractivity contribution in [3.8, 4) is 5.75 Å². The van der Waals surface area contributed by atoms with Gasteiger partial charge < -0.3 is 4.74 Å². The zero-order valence-electron chi connectivity index (χ0n) is 12.7. The van der Waals surface area contributed by atoms with Gasteiger partial charge in [0.25, 0.3) is 0 Å². The Bertz CT molecular complexity index is 767. The lowest BCUT2D eigenvalue weighted by molar-refractivity contribution is -0.135. The number of halogens is 2. The first-order valence-electron chi connectivity index (χ1n) is 7.39. The van der Waals surface area contributed by atoms with Gasteiger partial charge in [0.1, 0.15) is 5.75 Å². The minimum atomic E-state index is -0.977. The van der Waals surface area contributed by atoms with E-state index >= 15 is 0 Å². The van der Waals surface area contributed by atoms with E-state index in [9.17, 15) is 13.6 Å². The summed E-state index contributed by atoms with van der Waals surface area (Å²) < 4.78 is 32.6. The molecule has 1 heterocycles. The van der Waals surface area contributed by atoms with Crippen LogP contribution in [0, 0.1) is 24.5 Å². The van der Waals surface area contributed by atoms with Crippen LogP contribution in [0.4, 0.5) is 8.78 Å². The first-order chi connectivity index (χ1) is 10.4. The average Bonchev–Trinajstić information content (AvgIpc) is 3.28. The second-order valence-electron chi connectivity index (χ2n) is 6.08. The number of hydrogen-bond acceptors (Lipinski definition) is 3. The van der Waals surface area contributed by atoms with Gasteiger partial charge in [-0.05, 0) is 31.7 Å². The molecule has 0 spiro atoms. The van der Waals surface area contributed by atoms with E-state index in [2.05, 4.69) is 4.98 Å². The number of fused-ring (bicyclic) bond motifs is 1. The van der Waals surface area contributed by atoms with E-state index in [1.807, 2.05) is 13.8 Å². The first kappa shape index (κ1) is 14.9. The summed E-state index contributed by atoms with van der Waals surface area (Å²) in [7, 11) is 0. The van der Waals surface area contributed by atoms with Gasteiger partial charge >= 0.3 is 5.97 Å². The van der Waals surface area contributed by atoms with Crippen molar-refractivity contribution in [1.29, 1.82) is 0 Å². The van der Waals surface area contributed by atoms with Crippen molar-refractivity contribution in [1.82, 2.24) is 4.98 Å². The maximum absolute atomic E-state index is 13.6. The minimum Gasteiger partial charge on any atom is -0.425 e. The number of pyridine rings is 1. The third-order valence-electron chi connectivity index (χ3n) is 3.91. The van der Waals surface area contributed by atoms with Crippen LogP contribution in [0.15, 0.2) is 12.1 Å². The van der Waals surface area contributed by atoms with Crippen molar-refractivity contribution in [2.24, 2.45) is 5.92 Å². The molecule has 1 aromatic carbocycles. The lowest BCUT2D eigenvalue weighted by Crippen LogP contribution is -2.13. The Morgan fingerprint density at radius 1 is 1.27 bits per heavy atom. The molecule has 0 amide bonds. The molecule has 1 saturated carbocycles. The highest BCUT2D eigenvalue weighted by Gasteiger charge is 2.32. The molecule has 0 saturated heterocycles. The summed E-state index contributed by atoms with van der Waals surface area (Å²) in [6.45, 7) is 5.69. The van der Waals surface area contributed by atoms with E-state index in [0.717, 1.165) is 30.7 Å². The van der Waals surface area contributed by atoms with Gasteiger partial charge in [-0.15, -0.1) is 0 Å². The molecule has 1 aliphatic carbocycles. The van der Waals surface area contributed by atoms with Crippen LogP contribution >= 0.6 is 0 Å². The second-order valence-corrected chi connectivity index (χ2v) is 6.08. The molecule has 0 atom stereocenters. The van der Waals surface area contributed by atoms with Crippen molar-refractivity contribution in [2.75, 3.05) is 0 Å². The lowest BCUT2D eigenvalue weighted by atomic mass is 10.0. The van der Waals surface area contributed by atoms with Gasteiger partial charge in [-0.3, -0.25) is 9.78 Å². The first-order valence-corrected chi connectivity index (χ1v) is 7.39. The predicted molar refractivity (Wildman–Crippen MR) is 78.8 cm³/mol. The molecular weight excluding hydrogens is 288 g/mol. The zero-order valence-corrected chi connectivity index (χ0v) is 12.7. The van der Waals surface area contributed by atoms with Crippen LogP contribution in [0.25, 0.3) is 10.9 Å². The van der Waals surface area contributed by atoms with Crippen LogP contribution in [-0.4, -0.2) is 11.0 Å². The van der Waals surface area contributed by atoms with Crippen molar-refractivity contribution >= 4 is 16.9 Å². The largest absolute Gasteiger partial charge is 0.425 e. The molecular formula is C17H17F2NO2. The fourth-order valence-corrected chi connectivity index (χ4v) is 2.54. The smallest absolute Gasteiger partial charge is 0.314 e. The molecule has 3 nitrogen and oxygen atoms in total. The van der Waals surface area contributed by atoms with E-state index < -0.39 is 11.6 Å². The fourth-order valence-electron chi connectivity index (χ4n) is 2.54. The number of nitrogens with zero attached hydrogens (tertiary/aromatic N) is 1. The van der Waals surface area contributed by atoms with Gasteiger partial charge in [-0.2, -0.15) is 0 Å². The topological polar surface area (TPSA) is 39.2 Å². The second kappa shape index (κ2) is 5.30. The number of rotatable bonds is 3. The number of esters is 1. The van der Waals surface area contributed by atoms with E-state index in [0.29, 0.717) is 22.2 Å². The molecule has 2 aromatic rings. The normalized spacial score (nSPS) is 14.6. The molecule has 116 valence electrons. The highest BCUT2D eigenvalue weighted by atomic mass is 19.2. The van der Waals surface area contributed by atoms with E-state index in [-0.39, 0.29) is 17.8 Å². The zero-order chi connectivity index (χ0) is 16.0. The molecule has 0 radical (unpaired) electrons. The summed E-state index contributed by atoms with van der Waals surface area (Å²) in [4.78, 5) is 16.4. The number of benzene rings is 1. The number of carbonyl (C=O) groups is 1. The fraction of sp³-hybridized carbons (Fsp3) is 0.412.